The van der Waals surface area contributed by atoms with E-state index in [1.54, 1.807) is 12.1 Å². The van der Waals surface area contributed by atoms with E-state index in [4.69, 9.17) is 4.18 Å². The van der Waals surface area contributed by atoms with Crippen molar-refractivity contribution in [1.82, 2.24) is 0 Å². The normalized spacial score (nSPS) is 21.7. The highest BCUT2D eigenvalue weighted by atomic mass is 32.2. The predicted molar refractivity (Wildman–Crippen MR) is 94.4 cm³/mol. The summed E-state index contributed by atoms with van der Waals surface area (Å²) in [6.07, 6.45) is 8.53. The van der Waals surface area contributed by atoms with Crippen molar-refractivity contribution < 1.29 is 17.4 Å². The number of carbonyl (C=O) groups excluding carboxylic acids is 1. The van der Waals surface area contributed by atoms with Crippen LogP contribution in [0.25, 0.3) is 0 Å². The fraction of sp³-hybridized carbons (Fsp3) is 0.632. The Balaban J connectivity index is 2.06. The Morgan fingerprint density at radius 1 is 0.875 bits per heavy atom. The first-order valence-corrected chi connectivity index (χ1v) is 10.4. The molecule has 0 N–H and O–H groups in total. The van der Waals surface area contributed by atoms with Gasteiger partial charge in [-0.1, -0.05) is 62.6 Å². The van der Waals surface area contributed by atoms with Crippen LogP contribution in [0.1, 0.15) is 69.8 Å². The molecule has 0 unspecified atom stereocenters. The number of carbonyl (C=O) groups is 1. The van der Waals surface area contributed by atoms with E-state index in [1.807, 2.05) is 6.92 Å². The minimum atomic E-state index is -3.90. The molecule has 0 saturated heterocycles. The number of ketones is 1. The van der Waals surface area contributed by atoms with Gasteiger partial charge in [-0.2, -0.15) is 8.42 Å². The maximum atomic E-state index is 12.5. The Hall–Kier alpha value is -1.20. The molecule has 1 aromatic carbocycles. The molecule has 0 radical (unpaired) electrons. The number of Topliss-reactive ketones (excluding diaryl/α,β-unsaturated/α-hetero) is 1. The van der Waals surface area contributed by atoms with Gasteiger partial charge in [0, 0.05) is 6.42 Å². The van der Waals surface area contributed by atoms with E-state index < -0.39 is 16.2 Å². The molecule has 1 fully saturated rings. The molecule has 0 amide bonds. The highest BCUT2D eigenvalue weighted by Crippen LogP contribution is 2.21. The van der Waals surface area contributed by atoms with E-state index in [1.165, 1.54) is 25.0 Å². The van der Waals surface area contributed by atoms with Crippen molar-refractivity contribution in [1.29, 1.82) is 0 Å². The van der Waals surface area contributed by atoms with Crippen molar-refractivity contribution in [3.05, 3.63) is 29.8 Å². The van der Waals surface area contributed by atoms with Gasteiger partial charge in [-0.05, 0) is 31.9 Å². The molecule has 134 valence electrons. The minimum Gasteiger partial charge on any atom is -0.297 e. The van der Waals surface area contributed by atoms with E-state index in [9.17, 15) is 13.2 Å². The summed E-state index contributed by atoms with van der Waals surface area (Å²) < 4.78 is 30.3. The molecule has 1 aliphatic carbocycles. The maximum Gasteiger partial charge on any atom is 0.297 e. The Bertz CT molecular complexity index is 619. The third kappa shape index (κ3) is 6.02. The lowest BCUT2D eigenvalue weighted by Gasteiger charge is -2.17. The summed E-state index contributed by atoms with van der Waals surface area (Å²) in [5.74, 6) is -0.0775. The van der Waals surface area contributed by atoms with Gasteiger partial charge in [-0.3, -0.25) is 8.98 Å². The van der Waals surface area contributed by atoms with Gasteiger partial charge in [-0.25, -0.2) is 0 Å². The van der Waals surface area contributed by atoms with Crippen molar-refractivity contribution in [3.8, 4) is 0 Å². The Kier molecular flexibility index (Phi) is 7.43. The second kappa shape index (κ2) is 9.33. The third-order valence-electron chi connectivity index (χ3n) is 4.55. The van der Waals surface area contributed by atoms with Gasteiger partial charge < -0.3 is 0 Å². The van der Waals surface area contributed by atoms with Gasteiger partial charge in [0.05, 0.1) is 4.90 Å². The third-order valence-corrected chi connectivity index (χ3v) is 5.89. The number of rotatable bonds is 3. The first-order chi connectivity index (χ1) is 11.5. The van der Waals surface area contributed by atoms with Crippen LogP contribution in [0.5, 0.6) is 0 Å². The molecule has 0 aromatic heterocycles. The average Bonchev–Trinajstić information content (AvgIpc) is 2.54. The highest BCUT2D eigenvalue weighted by molar-refractivity contribution is 7.86. The van der Waals surface area contributed by atoms with Crippen LogP contribution in [-0.4, -0.2) is 20.3 Å². The largest absolute Gasteiger partial charge is 0.297 e. The lowest BCUT2D eigenvalue weighted by molar-refractivity contribution is -0.126. The second-order valence-corrected chi connectivity index (χ2v) is 8.26. The molecule has 1 aliphatic rings. The molecule has 4 nitrogen and oxygen atoms in total. The van der Waals surface area contributed by atoms with Gasteiger partial charge in [0.15, 0.2) is 5.78 Å². The molecule has 0 spiro atoms. The number of hydrogen-bond donors (Lipinski definition) is 0. The zero-order valence-electron chi connectivity index (χ0n) is 14.5. The van der Waals surface area contributed by atoms with Gasteiger partial charge in [-0.15, -0.1) is 0 Å². The summed E-state index contributed by atoms with van der Waals surface area (Å²) in [7, 11) is -3.90. The maximum absolute atomic E-state index is 12.5. The van der Waals surface area contributed by atoms with Gasteiger partial charge in [0.2, 0.25) is 0 Å². The minimum absolute atomic E-state index is 0.0775. The van der Waals surface area contributed by atoms with Crippen molar-refractivity contribution in [2.45, 2.75) is 82.1 Å². The number of benzene rings is 1. The summed E-state index contributed by atoms with van der Waals surface area (Å²) >= 11 is 0. The molecule has 0 bridgehead atoms. The summed E-state index contributed by atoms with van der Waals surface area (Å²) in [5.41, 5.74) is 0.982. The van der Waals surface area contributed by atoms with Crippen molar-refractivity contribution in [3.63, 3.8) is 0 Å². The van der Waals surface area contributed by atoms with Crippen LogP contribution in [-0.2, 0) is 19.1 Å². The monoisotopic (exact) mass is 352 g/mol. The average molecular weight is 352 g/mol. The molecule has 5 heteroatoms. The van der Waals surface area contributed by atoms with Crippen LogP contribution >= 0.6 is 0 Å². The number of aryl methyl sites for hydroxylation is 1. The van der Waals surface area contributed by atoms with Crippen LogP contribution < -0.4 is 0 Å². The fourth-order valence-corrected chi connectivity index (χ4v) is 4.12. The zero-order valence-corrected chi connectivity index (χ0v) is 15.3. The van der Waals surface area contributed by atoms with Crippen LogP contribution in [0, 0.1) is 6.92 Å². The topological polar surface area (TPSA) is 60.4 Å². The molecule has 0 aliphatic heterocycles. The van der Waals surface area contributed by atoms with Crippen LogP contribution in [0.4, 0.5) is 0 Å². The van der Waals surface area contributed by atoms with Crippen LogP contribution in [0.15, 0.2) is 29.2 Å². The summed E-state index contributed by atoms with van der Waals surface area (Å²) in [6, 6.07) is 6.53. The van der Waals surface area contributed by atoms with E-state index >= 15 is 0 Å². The molecule has 2 rings (SSSR count). The molecule has 24 heavy (non-hydrogen) atoms. The summed E-state index contributed by atoms with van der Waals surface area (Å²) in [6.45, 7) is 1.90. The molecule has 0 heterocycles. The molecule has 1 saturated carbocycles. The second-order valence-electron chi connectivity index (χ2n) is 6.69. The molecular weight excluding hydrogens is 324 g/mol. The van der Waals surface area contributed by atoms with Crippen LogP contribution in [0.3, 0.4) is 0 Å². The first kappa shape index (κ1) is 19.1. The summed E-state index contributed by atoms with van der Waals surface area (Å²) in [4.78, 5) is 12.5. The quantitative estimate of drug-likeness (QED) is 0.749. The SMILES string of the molecule is Cc1ccc(S(=O)(=O)O[C@H]2CCCCCCCCCCC2=O)cc1. The van der Waals surface area contributed by atoms with E-state index in [0.717, 1.165) is 44.1 Å². The zero-order chi connectivity index (χ0) is 17.4. The standard InChI is InChI=1S/C19H28O4S/c1-16-12-14-17(15-13-16)24(21,22)23-19-11-9-7-5-3-2-4-6-8-10-18(19)20/h12-15,19H,2-11H2,1H3/t19-/m0/s1. The predicted octanol–water partition coefficient (Wildman–Crippen LogP) is 4.55. The molecule has 1 aromatic rings. The van der Waals surface area contributed by atoms with Crippen LogP contribution in [0.2, 0.25) is 0 Å². The van der Waals surface area contributed by atoms with E-state index in [0.29, 0.717) is 12.8 Å². The van der Waals surface area contributed by atoms with E-state index in [2.05, 4.69) is 0 Å². The Labute approximate surface area is 145 Å². The van der Waals surface area contributed by atoms with E-state index in [-0.39, 0.29) is 10.7 Å². The smallest absolute Gasteiger partial charge is 0.297 e. The lowest BCUT2D eigenvalue weighted by atomic mass is 9.99. The Morgan fingerprint density at radius 3 is 2.04 bits per heavy atom. The van der Waals surface area contributed by atoms with Crippen molar-refractivity contribution in [2.75, 3.05) is 0 Å². The highest BCUT2D eigenvalue weighted by Gasteiger charge is 2.26. The van der Waals surface area contributed by atoms with Crippen molar-refractivity contribution >= 4 is 15.9 Å². The Morgan fingerprint density at radius 2 is 1.42 bits per heavy atom. The van der Waals surface area contributed by atoms with Gasteiger partial charge in [0.25, 0.3) is 10.1 Å². The summed E-state index contributed by atoms with van der Waals surface area (Å²) in [5, 5.41) is 0. The lowest BCUT2D eigenvalue weighted by Crippen LogP contribution is -2.27. The molecular formula is C19H28O4S. The number of hydrogen-bond acceptors (Lipinski definition) is 4. The first-order valence-electron chi connectivity index (χ1n) is 9.02. The van der Waals surface area contributed by atoms with Gasteiger partial charge >= 0.3 is 0 Å². The van der Waals surface area contributed by atoms with Crippen molar-refractivity contribution in [2.24, 2.45) is 0 Å². The van der Waals surface area contributed by atoms with Gasteiger partial charge in [0.1, 0.15) is 6.10 Å². The fourth-order valence-electron chi connectivity index (χ4n) is 3.03. The molecule has 1 atom stereocenters.